The number of benzene rings is 1. The van der Waals surface area contributed by atoms with Crippen LogP contribution in [0.4, 0.5) is 9.18 Å². The molecule has 0 spiro atoms. The van der Waals surface area contributed by atoms with Gasteiger partial charge in [0.2, 0.25) is 0 Å². The topological polar surface area (TPSA) is 78.0 Å². The van der Waals surface area contributed by atoms with E-state index < -0.39 is 11.7 Å². The molecule has 1 rings (SSSR count). The van der Waals surface area contributed by atoms with E-state index in [2.05, 4.69) is 10.6 Å². The summed E-state index contributed by atoms with van der Waals surface area (Å²) in [6, 6.07) is 5.14. The van der Waals surface area contributed by atoms with Gasteiger partial charge in [-0.25, -0.2) is 9.18 Å². The average molecular weight is 443 g/mol. The normalized spacial score (nSPS) is 11.5. The lowest BCUT2D eigenvalue weighted by Gasteiger charge is -2.19. The zero-order chi connectivity index (χ0) is 23.0. The van der Waals surface area contributed by atoms with Gasteiger partial charge < -0.3 is 29.6 Å². The van der Waals surface area contributed by atoms with Gasteiger partial charge in [-0.15, -0.1) is 0 Å². The molecule has 8 heteroatoms. The molecule has 0 radical (unpaired) electrons. The number of alkyl carbamates (subject to hydrolysis) is 1. The second-order valence-electron chi connectivity index (χ2n) is 8.24. The third-order valence-electron chi connectivity index (χ3n) is 4.04. The van der Waals surface area contributed by atoms with Gasteiger partial charge >= 0.3 is 6.09 Å². The number of rotatable bonds is 16. The molecule has 2 N–H and O–H groups in total. The van der Waals surface area contributed by atoms with Crippen molar-refractivity contribution in [2.75, 3.05) is 52.7 Å². The van der Waals surface area contributed by atoms with E-state index in [9.17, 15) is 9.18 Å². The van der Waals surface area contributed by atoms with E-state index in [-0.39, 0.29) is 5.82 Å². The zero-order valence-electron chi connectivity index (χ0n) is 19.4. The highest BCUT2D eigenvalue weighted by atomic mass is 19.1. The number of aryl methyl sites for hydroxylation is 1. The molecule has 0 bridgehead atoms. The summed E-state index contributed by atoms with van der Waals surface area (Å²) in [5.74, 6) is -0.173. The Kier molecular flexibility index (Phi) is 14.1. The summed E-state index contributed by atoms with van der Waals surface area (Å²) in [5, 5.41) is 5.91. The van der Waals surface area contributed by atoms with Crippen molar-refractivity contribution in [2.45, 2.75) is 52.7 Å². The first-order valence-corrected chi connectivity index (χ1v) is 10.9. The molecule has 0 fully saturated rings. The van der Waals surface area contributed by atoms with Crippen molar-refractivity contribution in [1.82, 2.24) is 10.6 Å². The Bertz CT molecular complexity index is 622. The van der Waals surface area contributed by atoms with E-state index in [1.54, 1.807) is 6.07 Å². The van der Waals surface area contributed by atoms with E-state index in [0.717, 1.165) is 18.5 Å². The van der Waals surface area contributed by atoms with E-state index in [0.29, 0.717) is 64.7 Å². The maximum atomic E-state index is 13.6. The fourth-order valence-corrected chi connectivity index (χ4v) is 2.58. The molecule has 0 atom stereocenters. The van der Waals surface area contributed by atoms with Crippen molar-refractivity contribution in [2.24, 2.45) is 0 Å². The molecule has 0 heterocycles. The van der Waals surface area contributed by atoms with Crippen molar-refractivity contribution < 1.29 is 28.1 Å². The average Bonchev–Trinajstić information content (AvgIpc) is 2.68. The number of amides is 1. The number of halogens is 1. The van der Waals surface area contributed by atoms with E-state index in [1.807, 2.05) is 33.8 Å². The van der Waals surface area contributed by atoms with Gasteiger partial charge in [-0.3, -0.25) is 0 Å². The van der Waals surface area contributed by atoms with Crippen LogP contribution < -0.4 is 10.6 Å². The van der Waals surface area contributed by atoms with Gasteiger partial charge in [-0.05, 0) is 53.1 Å². The van der Waals surface area contributed by atoms with Crippen molar-refractivity contribution in [1.29, 1.82) is 0 Å². The molecule has 0 unspecified atom stereocenters. The van der Waals surface area contributed by atoms with Crippen LogP contribution in [-0.2, 0) is 25.5 Å². The third-order valence-corrected chi connectivity index (χ3v) is 4.04. The Labute approximate surface area is 186 Å². The predicted octanol–water partition coefficient (Wildman–Crippen LogP) is 3.58. The van der Waals surface area contributed by atoms with Crippen LogP contribution in [0.5, 0.6) is 0 Å². The number of carbonyl (C=O) groups excluding carboxylic acids is 1. The van der Waals surface area contributed by atoms with Crippen LogP contribution in [0, 0.1) is 12.7 Å². The molecule has 0 aliphatic heterocycles. The highest BCUT2D eigenvalue weighted by molar-refractivity contribution is 5.67. The molecule has 0 aliphatic rings. The largest absolute Gasteiger partial charge is 0.444 e. The van der Waals surface area contributed by atoms with Gasteiger partial charge in [0, 0.05) is 31.9 Å². The van der Waals surface area contributed by atoms with Crippen LogP contribution >= 0.6 is 0 Å². The zero-order valence-corrected chi connectivity index (χ0v) is 19.4. The molecule has 1 amide bonds. The number of ether oxygens (including phenoxy) is 4. The third kappa shape index (κ3) is 15.7. The Morgan fingerprint density at radius 2 is 1.52 bits per heavy atom. The number of carbonyl (C=O) groups is 1. The number of hydrogen-bond donors (Lipinski definition) is 2. The molecule has 0 aliphatic carbocycles. The van der Waals surface area contributed by atoms with Gasteiger partial charge in [0.25, 0.3) is 0 Å². The van der Waals surface area contributed by atoms with E-state index in [4.69, 9.17) is 18.9 Å². The number of nitrogens with one attached hydrogen (secondary N) is 2. The van der Waals surface area contributed by atoms with Crippen LogP contribution in [-0.4, -0.2) is 64.4 Å². The Balaban J connectivity index is 1.81. The molecule has 1 aromatic carbocycles. The molecule has 7 nitrogen and oxygen atoms in total. The van der Waals surface area contributed by atoms with Gasteiger partial charge in [0.15, 0.2) is 0 Å². The quantitative estimate of drug-likeness (QED) is 0.381. The fraction of sp³-hybridized carbons (Fsp3) is 0.696. The minimum atomic E-state index is -0.485. The van der Waals surface area contributed by atoms with E-state index >= 15 is 0 Å². The van der Waals surface area contributed by atoms with Crippen LogP contribution in [0.1, 0.15) is 44.7 Å². The van der Waals surface area contributed by atoms with Crippen molar-refractivity contribution in [3.63, 3.8) is 0 Å². The molecule has 0 saturated carbocycles. The second kappa shape index (κ2) is 16.0. The van der Waals surface area contributed by atoms with Crippen LogP contribution in [0.25, 0.3) is 0 Å². The minimum Gasteiger partial charge on any atom is -0.444 e. The first kappa shape index (κ1) is 27.3. The maximum absolute atomic E-state index is 13.6. The highest BCUT2D eigenvalue weighted by Crippen LogP contribution is 2.09. The summed E-state index contributed by atoms with van der Waals surface area (Å²) >= 11 is 0. The SMILES string of the molecule is Cc1ccc(F)c(CNCCCOCCOCCOCCCNC(=O)OC(C)(C)C)c1. The van der Waals surface area contributed by atoms with Crippen molar-refractivity contribution in [3.8, 4) is 0 Å². The lowest BCUT2D eigenvalue weighted by Crippen LogP contribution is -2.33. The standard InChI is InChI=1S/C23H39FN2O5/c1-19-7-8-21(24)20(17-19)18-25-9-5-11-28-13-15-30-16-14-29-12-6-10-26-22(27)31-23(2,3)4/h7-8,17,25H,5-6,9-16,18H2,1-4H3,(H,26,27). The molecule has 0 saturated heterocycles. The Morgan fingerprint density at radius 1 is 0.935 bits per heavy atom. The summed E-state index contributed by atoms with van der Waals surface area (Å²) in [4.78, 5) is 11.5. The Morgan fingerprint density at radius 3 is 2.13 bits per heavy atom. The molecule has 178 valence electrons. The molecular weight excluding hydrogens is 403 g/mol. The fourth-order valence-electron chi connectivity index (χ4n) is 2.58. The monoisotopic (exact) mass is 442 g/mol. The summed E-state index contributed by atoms with van der Waals surface area (Å²) in [5.41, 5.74) is 1.26. The van der Waals surface area contributed by atoms with Crippen molar-refractivity contribution >= 4 is 6.09 Å². The molecule has 31 heavy (non-hydrogen) atoms. The highest BCUT2D eigenvalue weighted by Gasteiger charge is 2.15. The Hall–Kier alpha value is -1.74. The predicted molar refractivity (Wildman–Crippen MR) is 119 cm³/mol. The summed E-state index contributed by atoms with van der Waals surface area (Å²) in [6.07, 6.45) is 1.16. The first-order valence-electron chi connectivity index (χ1n) is 10.9. The molecular formula is C23H39FN2O5. The van der Waals surface area contributed by atoms with E-state index in [1.165, 1.54) is 6.07 Å². The lowest BCUT2D eigenvalue weighted by molar-refractivity contribution is 0.0136. The summed E-state index contributed by atoms with van der Waals surface area (Å²) < 4.78 is 35.2. The van der Waals surface area contributed by atoms with Crippen LogP contribution in [0.15, 0.2) is 18.2 Å². The van der Waals surface area contributed by atoms with Crippen LogP contribution in [0.3, 0.4) is 0 Å². The lowest BCUT2D eigenvalue weighted by atomic mass is 10.1. The summed E-state index contributed by atoms with van der Waals surface area (Å²) in [6.45, 7) is 12.5. The minimum absolute atomic E-state index is 0.173. The van der Waals surface area contributed by atoms with Gasteiger partial charge in [-0.2, -0.15) is 0 Å². The molecule has 1 aromatic rings. The van der Waals surface area contributed by atoms with Gasteiger partial charge in [0.05, 0.1) is 26.4 Å². The molecule has 0 aromatic heterocycles. The van der Waals surface area contributed by atoms with Gasteiger partial charge in [0.1, 0.15) is 11.4 Å². The van der Waals surface area contributed by atoms with Crippen LogP contribution in [0.2, 0.25) is 0 Å². The van der Waals surface area contributed by atoms with Crippen molar-refractivity contribution in [3.05, 3.63) is 35.1 Å². The number of hydrogen-bond acceptors (Lipinski definition) is 6. The first-order chi connectivity index (χ1) is 14.8. The van der Waals surface area contributed by atoms with Gasteiger partial charge in [-0.1, -0.05) is 17.7 Å². The maximum Gasteiger partial charge on any atom is 0.407 e. The summed E-state index contributed by atoms with van der Waals surface area (Å²) in [7, 11) is 0. The smallest absolute Gasteiger partial charge is 0.407 e. The second-order valence-corrected chi connectivity index (χ2v) is 8.24.